The van der Waals surface area contributed by atoms with E-state index in [-0.39, 0.29) is 36.2 Å². The van der Waals surface area contributed by atoms with Crippen LogP contribution in [0.3, 0.4) is 0 Å². The van der Waals surface area contributed by atoms with Crippen molar-refractivity contribution >= 4 is 17.9 Å². The highest BCUT2D eigenvalue weighted by Gasteiger charge is 2.31. The minimum Gasteiger partial charge on any atom is -0.477 e. The molecular weight excluding hydrogens is 847 g/mol. The predicted molar refractivity (Wildman–Crippen MR) is 289 cm³/mol. The fraction of sp³-hybridized carbons (Fsp3) is 0.950. The zero-order chi connectivity index (χ0) is 49.9. The molecule has 2 unspecified atom stereocenters. The molecule has 0 aromatic carbocycles. The van der Waals surface area contributed by atoms with Crippen molar-refractivity contribution in [1.82, 2.24) is 0 Å². The molecule has 0 aromatic heterocycles. The molecular formula is C60H118NO7+. The Kier molecular flexibility index (Phi) is 50.4. The van der Waals surface area contributed by atoms with E-state index in [1.54, 1.807) is 0 Å². The van der Waals surface area contributed by atoms with Crippen molar-refractivity contribution in [2.75, 3.05) is 41.0 Å². The van der Waals surface area contributed by atoms with Gasteiger partial charge in [0.05, 0.1) is 34.4 Å². The fourth-order valence-corrected chi connectivity index (χ4v) is 9.63. The molecule has 0 aliphatic rings. The maximum atomic E-state index is 12.8. The quantitative estimate of drug-likeness (QED) is 0.0368. The normalized spacial score (nSPS) is 12.7. The van der Waals surface area contributed by atoms with Crippen molar-refractivity contribution in [3.63, 3.8) is 0 Å². The summed E-state index contributed by atoms with van der Waals surface area (Å²) in [6, 6.07) is -0.610. The number of aliphatic carboxylic acids is 1. The summed E-state index contributed by atoms with van der Waals surface area (Å²) < 4.78 is 17.5. The van der Waals surface area contributed by atoms with Crippen LogP contribution in [-0.4, -0.2) is 80.6 Å². The number of nitrogens with zero attached hydrogens (tertiary/aromatic N) is 1. The van der Waals surface area contributed by atoms with E-state index in [1.807, 2.05) is 21.1 Å². The second kappa shape index (κ2) is 51.7. The standard InChI is InChI=1S/C60H117NO7/c1-6-8-10-12-14-16-18-20-22-24-26-28-30-32-34-36-38-40-42-44-46-48-50-58(62)67-55-56(54-66-53-52-57(60(64)65)61(3,4)5)68-59(63)51-49-47-45-43-41-39-37-35-33-31-29-27-25-23-21-19-17-15-13-11-9-7-2/h56-57H,6-55H2,1-5H3/p+1. The Hall–Kier alpha value is -1.67. The van der Waals surface area contributed by atoms with E-state index >= 15 is 0 Å². The lowest BCUT2D eigenvalue weighted by molar-refractivity contribution is -0.887. The van der Waals surface area contributed by atoms with Gasteiger partial charge < -0.3 is 23.8 Å². The zero-order valence-electron chi connectivity index (χ0n) is 46.4. The largest absolute Gasteiger partial charge is 0.477 e. The van der Waals surface area contributed by atoms with Crippen LogP contribution in [0.25, 0.3) is 0 Å². The third-order valence-electron chi connectivity index (χ3n) is 14.3. The van der Waals surface area contributed by atoms with Gasteiger partial charge in [0, 0.05) is 19.3 Å². The van der Waals surface area contributed by atoms with Crippen molar-refractivity contribution in [3.8, 4) is 0 Å². The molecule has 0 amide bonds. The number of carboxylic acid groups (broad SMARTS) is 1. The SMILES string of the molecule is CCCCCCCCCCCCCCCCCCCCCCCCC(=O)OCC(COCCC(C(=O)O)[N+](C)(C)C)OC(=O)CCCCCCCCCCCCCCCCCCCCCCCC. The van der Waals surface area contributed by atoms with E-state index in [4.69, 9.17) is 14.2 Å². The molecule has 0 saturated carbocycles. The molecule has 0 aromatic rings. The van der Waals surface area contributed by atoms with Gasteiger partial charge in [0.25, 0.3) is 0 Å². The van der Waals surface area contributed by atoms with Crippen LogP contribution in [0.5, 0.6) is 0 Å². The smallest absolute Gasteiger partial charge is 0.362 e. The van der Waals surface area contributed by atoms with E-state index in [1.165, 1.54) is 244 Å². The first kappa shape index (κ1) is 66.3. The summed E-state index contributed by atoms with van der Waals surface area (Å²) in [5, 5.41) is 9.68. The topological polar surface area (TPSA) is 99.1 Å². The number of esters is 2. The third kappa shape index (κ3) is 49.3. The Balaban J connectivity index is 4.08. The monoisotopic (exact) mass is 965 g/mol. The van der Waals surface area contributed by atoms with Crippen molar-refractivity contribution in [2.24, 2.45) is 0 Å². The first-order valence-corrected chi connectivity index (χ1v) is 30.1. The number of ether oxygens (including phenoxy) is 3. The van der Waals surface area contributed by atoms with Crippen molar-refractivity contribution < 1.29 is 38.2 Å². The molecule has 8 heteroatoms. The van der Waals surface area contributed by atoms with Crippen molar-refractivity contribution in [2.45, 2.75) is 328 Å². The highest BCUT2D eigenvalue weighted by molar-refractivity contribution is 5.72. The predicted octanol–water partition coefficient (Wildman–Crippen LogP) is 18.0. The van der Waals surface area contributed by atoms with Crippen LogP contribution in [0.15, 0.2) is 0 Å². The Morgan fingerprint density at radius 3 is 0.912 bits per heavy atom. The summed E-state index contributed by atoms with van der Waals surface area (Å²) in [5.74, 6) is -1.43. The number of hydrogen-bond acceptors (Lipinski definition) is 6. The zero-order valence-corrected chi connectivity index (χ0v) is 46.4. The van der Waals surface area contributed by atoms with Gasteiger partial charge in [-0.25, -0.2) is 4.79 Å². The first-order chi connectivity index (χ1) is 33.1. The van der Waals surface area contributed by atoms with Crippen LogP contribution in [0.2, 0.25) is 0 Å². The van der Waals surface area contributed by atoms with E-state index in [0.717, 1.165) is 38.5 Å². The molecule has 0 saturated heterocycles. The number of carbonyl (C=O) groups excluding carboxylic acids is 2. The summed E-state index contributed by atoms with van der Waals surface area (Å²) in [6.07, 6.45) is 58.9. The lowest BCUT2D eigenvalue weighted by atomic mass is 10.0. The van der Waals surface area contributed by atoms with Crippen LogP contribution in [0.4, 0.5) is 0 Å². The average Bonchev–Trinajstić information content (AvgIpc) is 3.30. The van der Waals surface area contributed by atoms with Crippen LogP contribution in [0, 0.1) is 0 Å². The summed E-state index contributed by atoms with van der Waals surface area (Å²) in [4.78, 5) is 37.3. The maximum absolute atomic E-state index is 12.8. The molecule has 2 atom stereocenters. The number of quaternary nitrogens is 1. The summed E-state index contributed by atoms with van der Waals surface area (Å²) in [7, 11) is 5.56. The number of likely N-dealkylation sites (N-methyl/N-ethyl adjacent to an activating group) is 1. The van der Waals surface area contributed by atoms with Gasteiger partial charge in [-0.1, -0.05) is 284 Å². The van der Waals surface area contributed by atoms with Crippen molar-refractivity contribution in [3.05, 3.63) is 0 Å². The highest BCUT2D eigenvalue weighted by Crippen LogP contribution is 2.18. The summed E-state index contributed by atoms with van der Waals surface area (Å²) in [6.45, 7) is 4.82. The van der Waals surface area contributed by atoms with E-state index in [0.29, 0.717) is 19.3 Å². The number of carboxylic acids is 1. The average molecular weight is 966 g/mol. The lowest BCUT2D eigenvalue weighted by Gasteiger charge is -2.31. The summed E-state index contributed by atoms with van der Waals surface area (Å²) >= 11 is 0. The molecule has 8 nitrogen and oxygen atoms in total. The van der Waals surface area contributed by atoms with Crippen LogP contribution in [0.1, 0.15) is 316 Å². The van der Waals surface area contributed by atoms with E-state index < -0.39 is 18.1 Å². The van der Waals surface area contributed by atoms with Gasteiger partial charge in [-0.15, -0.1) is 0 Å². The van der Waals surface area contributed by atoms with Gasteiger partial charge >= 0.3 is 17.9 Å². The molecule has 1 N–H and O–H groups in total. The number of rotatable bonds is 56. The second-order valence-electron chi connectivity index (χ2n) is 22.0. The fourth-order valence-electron chi connectivity index (χ4n) is 9.63. The lowest BCUT2D eigenvalue weighted by Crippen LogP contribution is -2.50. The molecule has 0 fully saturated rings. The molecule has 0 spiro atoms. The molecule has 0 bridgehead atoms. The number of carbonyl (C=O) groups is 3. The molecule has 404 valence electrons. The van der Waals surface area contributed by atoms with Crippen LogP contribution >= 0.6 is 0 Å². The van der Waals surface area contributed by atoms with Gasteiger partial charge in [-0.3, -0.25) is 9.59 Å². The van der Waals surface area contributed by atoms with Crippen LogP contribution < -0.4 is 0 Å². The van der Waals surface area contributed by atoms with Gasteiger partial charge in [-0.05, 0) is 12.8 Å². The Morgan fingerprint density at radius 1 is 0.382 bits per heavy atom. The van der Waals surface area contributed by atoms with E-state index in [2.05, 4.69) is 13.8 Å². The Bertz CT molecular complexity index is 1080. The molecule has 0 radical (unpaired) electrons. The van der Waals surface area contributed by atoms with Gasteiger partial charge in [0.1, 0.15) is 6.61 Å². The maximum Gasteiger partial charge on any atom is 0.362 e. The van der Waals surface area contributed by atoms with Crippen molar-refractivity contribution in [1.29, 1.82) is 0 Å². The number of unbranched alkanes of at least 4 members (excludes halogenated alkanes) is 42. The minimum absolute atomic E-state index is 0.0407. The molecule has 0 aliphatic carbocycles. The third-order valence-corrected chi connectivity index (χ3v) is 14.3. The number of hydrogen-bond donors (Lipinski definition) is 1. The molecule has 68 heavy (non-hydrogen) atoms. The summed E-state index contributed by atoms with van der Waals surface area (Å²) in [5.41, 5.74) is 0. The van der Waals surface area contributed by atoms with Gasteiger partial charge in [0.2, 0.25) is 0 Å². The highest BCUT2D eigenvalue weighted by atomic mass is 16.6. The Labute approximate surface area is 423 Å². The molecule has 0 aliphatic heterocycles. The van der Waals surface area contributed by atoms with E-state index in [9.17, 15) is 19.5 Å². The van der Waals surface area contributed by atoms with Gasteiger partial charge in [0.15, 0.2) is 12.1 Å². The first-order valence-electron chi connectivity index (χ1n) is 30.1. The molecule has 0 rings (SSSR count). The van der Waals surface area contributed by atoms with Crippen LogP contribution in [-0.2, 0) is 28.6 Å². The minimum atomic E-state index is -0.867. The second-order valence-corrected chi connectivity index (χ2v) is 22.0. The Morgan fingerprint density at radius 2 is 0.647 bits per heavy atom. The van der Waals surface area contributed by atoms with Gasteiger partial charge in [-0.2, -0.15) is 0 Å². The molecule has 0 heterocycles.